The van der Waals surface area contributed by atoms with E-state index in [0.29, 0.717) is 11.0 Å². The summed E-state index contributed by atoms with van der Waals surface area (Å²) in [4.78, 5) is 15.0. The Morgan fingerprint density at radius 3 is 2.76 bits per heavy atom. The van der Waals surface area contributed by atoms with Crippen molar-refractivity contribution in [2.45, 2.75) is 18.2 Å². The number of aromatic nitrogens is 1. The van der Waals surface area contributed by atoms with Crippen LogP contribution < -0.4 is 5.73 Å². The van der Waals surface area contributed by atoms with E-state index >= 15 is 0 Å². The van der Waals surface area contributed by atoms with Gasteiger partial charge in [0.05, 0.1) is 19.2 Å². The molecule has 0 atom stereocenters. The highest BCUT2D eigenvalue weighted by molar-refractivity contribution is 9.08. The monoisotopic (exact) mass is 308 g/mol. The highest BCUT2D eigenvalue weighted by atomic mass is 79.9. The molecule has 0 radical (unpaired) electrons. The number of nitrogen functional groups attached to an aromatic ring is 1. The van der Waals surface area contributed by atoms with Gasteiger partial charge in [-0.15, -0.1) is 0 Å². The summed E-state index contributed by atoms with van der Waals surface area (Å²) >= 11 is 3.11. The number of methoxy groups -OCH3 is 1. The van der Waals surface area contributed by atoms with Crippen LogP contribution >= 0.6 is 15.9 Å². The largest absolute Gasteiger partial charge is 0.469 e. The van der Waals surface area contributed by atoms with Crippen molar-refractivity contribution in [2.75, 3.05) is 12.8 Å². The summed E-state index contributed by atoms with van der Waals surface area (Å²) in [6.45, 7) is 0. The molecule has 0 aromatic carbocycles. The van der Waals surface area contributed by atoms with E-state index in [0.717, 1.165) is 0 Å². The van der Waals surface area contributed by atoms with Crippen LogP contribution in [0.2, 0.25) is 0 Å². The van der Waals surface area contributed by atoms with E-state index in [4.69, 9.17) is 5.73 Å². The van der Waals surface area contributed by atoms with Gasteiger partial charge < -0.3 is 10.5 Å². The van der Waals surface area contributed by atoms with E-state index in [1.54, 1.807) is 0 Å². The van der Waals surface area contributed by atoms with Crippen LogP contribution in [0.25, 0.3) is 0 Å². The number of halogens is 3. The fourth-order valence-corrected chi connectivity index (χ4v) is 1.63. The maximum atomic E-state index is 12.8. The van der Waals surface area contributed by atoms with Gasteiger partial charge in [0.2, 0.25) is 0 Å². The third-order valence-electron chi connectivity index (χ3n) is 2.16. The van der Waals surface area contributed by atoms with Crippen LogP contribution in [0.1, 0.15) is 23.2 Å². The topological polar surface area (TPSA) is 65.2 Å². The smallest absolute Gasteiger partial charge is 0.310 e. The number of carbonyl (C=O) groups is 1. The highest BCUT2D eigenvalue weighted by Gasteiger charge is 2.20. The quantitative estimate of drug-likeness (QED) is 0.684. The second kappa shape index (κ2) is 5.90. The molecule has 0 amide bonds. The van der Waals surface area contributed by atoms with Crippen LogP contribution in [0, 0.1) is 0 Å². The van der Waals surface area contributed by atoms with E-state index in [1.807, 2.05) is 0 Å². The van der Waals surface area contributed by atoms with Gasteiger partial charge in [0.15, 0.2) is 0 Å². The average Bonchev–Trinajstić information content (AvgIpc) is 2.30. The molecule has 0 aliphatic heterocycles. The van der Waals surface area contributed by atoms with Crippen molar-refractivity contribution >= 4 is 27.7 Å². The number of alkyl halides is 3. The number of ether oxygens (including phenoxy) is 1. The summed E-state index contributed by atoms with van der Waals surface area (Å²) in [5.41, 5.74) is 5.70. The van der Waals surface area contributed by atoms with Gasteiger partial charge in [-0.3, -0.25) is 4.79 Å². The molecule has 2 N–H and O–H groups in total. The lowest BCUT2D eigenvalue weighted by molar-refractivity contribution is -0.139. The zero-order chi connectivity index (χ0) is 13.0. The van der Waals surface area contributed by atoms with Crippen LogP contribution in [0.4, 0.5) is 14.6 Å². The zero-order valence-electron chi connectivity index (χ0n) is 9.04. The molecule has 4 nitrogen and oxygen atoms in total. The van der Waals surface area contributed by atoms with E-state index in [1.165, 1.54) is 13.2 Å². The van der Waals surface area contributed by atoms with E-state index in [-0.39, 0.29) is 23.4 Å². The first-order valence-corrected chi connectivity index (χ1v) is 5.80. The molecule has 0 saturated heterocycles. The van der Waals surface area contributed by atoms with Crippen molar-refractivity contribution in [2.24, 2.45) is 0 Å². The number of pyridine rings is 1. The molecule has 0 fully saturated rings. The predicted octanol–water partition coefficient (Wildman–Crippen LogP) is 2.21. The Labute approximate surface area is 105 Å². The molecule has 0 unspecified atom stereocenters. The predicted molar refractivity (Wildman–Crippen MR) is 62.0 cm³/mol. The Morgan fingerprint density at radius 2 is 2.29 bits per heavy atom. The minimum Gasteiger partial charge on any atom is -0.469 e. The number of esters is 1. The van der Waals surface area contributed by atoms with Crippen LogP contribution in [0.3, 0.4) is 0 Å². The maximum absolute atomic E-state index is 12.8. The van der Waals surface area contributed by atoms with Crippen LogP contribution in [0.5, 0.6) is 0 Å². The number of hydrogen-bond donors (Lipinski definition) is 1. The molecular weight excluding hydrogens is 298 g/mol. The van der Waals surface area contributed by atoms with Gasteiger partial charge in [0.1, 0.15) is 5.82 Å². The van der Waals surface area contributed by atoms with Crippen LogP contribution in [-0.4, -0.2) is 18.1 Å². The van der Waals surface area contributed by atoms with Gasteiger partial charge in [-0.2, -0.15) is 0 Å². The first kappa shape index (κ1) is 13.8. The highest BCUT2D eigenvalue weighted by Crippen LogP contribution is 2.28. The Morgan fingerprint density at radius 1 is 1.65 bits per heavy atom. The molecule has 1 aromatic rings. The van der Waals surface area contributed by atoms with Crippen molar-refractivity contribution in [1.82, 2.24) is 4.98 Å². The van der Waals surface area contributed by atoms with Gasteiger partial charge in [0.25, 0.3) is 6.43 Å². The summed E-state index contributed by atoms with van der Waals surface area (Å²) in [6, 6.07) is 1.23. The summed E-state index contributed by atoms with van der Waals surface area (Å²) in [7, 11) is 1.18. The molecule has 1 heterocycles. The molecule has 0 saturated carbocycles. The standard InChI is InChI=1S/C10H11BrF2N2O2/c1-17-8(16)3-7-6(9(12)13)2-5(4-11)15-10(7)14/h2,9H,3-4H2,1H3,(H2,14,15). The first-order valence-electron chi connectivity index (χ1n) is 4.68. The second-order valence-electron chi connectivity index (χ2n) is 3.25. The lowest BCUT2D eigenvalue weighted by Crippen LogP contribution is -2.12. The summed E-state index contributed by atoms with van der Waals surface area (Å²) < 4.78 is 30.1. The number of carbonyl (C=O) groups excluding carboxylic acids is 1. The molecule has 1 aromatic heterocycles. The minimum absolute atomic E-state index is 0.0246. The molecular formula is C10H11BrF2N2O2. The van der Waals surface area contributed by atoms with Gasteiger partial charge in [-0.1, -0.05) is 15.9 Å². The Bertz CT molecular complexity index is 427. The third kappa shape index (κ3) is 3.36. The molecule has 0 aliphatic carbocycles. The zero-order valence-corrected chi connectivity index (χ0v) is 10.6. The fraction of sp³-hybridized carbons (Fsp3) is 0.400. The number of nitrogens with zero attached hydrogens (tertiary/aromatic N) is 1. The van der Waals surface area contributed by atoms with Crippen molar-refractivity contribution in [3.8, 4) is 0 Å². The minimum atomic E-state index is -2.71. The summed E-state index contributed by atoms with van der Waals surface area (Å²) in [6.07, 6.45) is -3.02. The van der Waals surface area contributed by atoms with E-state index in [2.05, 4.69) is 25.7 Å². The van der Waals surface area contributed by atoms with Gasteiger partial charge >= 0.3 is 5.97 Å². The van der Waals surface area contributed by atoms with Crippen molar-refractivity contribution in [1.29, 1.82) is 0 Å². The molecule has 0 aliphatic rings. The SMILES string of the molecule is COC(=O)Cc1c(C(F)F)cc(CBr)nc1N. The number of anilines is 1. The lowest BCUT2D eigenvalue weighted by Gasteiger charge is -2.11. The molecule has 94 valence electrons. The van der Waals surface area contributed by atoms with Crippen molar-refractivity contribution in [3.63, 3.8) is 0 Å². The molecule has 1 rings (SSSR count). The van der Waals surface area contributed by atoms with Gasteiger partial charge in [-0.25, -0.2) is 13.8 Å². The molecule has 0 spiro atoms. The van der Waals surface area contributed by atoms with E-state index in [9.17, 15) is 13.6 Å². The number of rotatable bonds is 4. The van der Waals surface area contributed by atoms with Crippen molar-refractivity contribution in [3.05, 3.63) is 22.9 Å². The molecule has 17 heavy (non-hydrogen) atoms. The number of hydrogen-bond acceptors (Lipinski definition) is 4. The Balaban J connectivity index is 3.21. The Hall–Kier alpha value is -1.24. The average molecular weight is 309 g/mol. The van der Waals surface area contributed by atoms with Gasteiger partial charge in [0, 0.05) is 16.5 Å². The van der Waals surface area contributed by atoms with Crippen LogP contribution in [0.15, 0.2) is 6.07 Å². The molecule has 0 bridgehead atoms. The van der Waals surface area contributed by atoms with Crippen LogP contribution in [-0.2, 0) is 21.3 Å². The normalized spacial score (nSPS) is 10.6. The number of nitrogens with two attached hydrogens (primary N) is 1. The van der Waals surface area contributed by atoms with E-state index < -0.39 is 12.4 Å². The summed E-state index contributed by atoms with van der Waals surface area (Å²) in [5.74, 6) is -0.699. The second-order valence-corrected chi connectivity index (χ2v) is 3.81. The molecule has 7 heteroatoms. The third-order valence-corrected chi connectivity index (χ3v) is 2.74. The van der Waals surface area contributed by atoms with Crippen molar-refractivity contribution < 1.29 is 18.3 Å². The van der Waals surface area contributed by atoms with Gasteiger partial charge in [-0.05, 0) is 6.07 Å². The first-order chi connectivity index (χ1) is 7.99. The summed E-state index contributed by atoms with van der Waals surface area (Å²) in [5, 5.41) is 0.315. The maximum Gasteiger partial charge on any atom is 0.310 e. The fourth-order valence-electron chi connectivity index (χ4n) is 1.34. The Kier molecular flexibility index (Phi) is 4.80. The lowest BCUT2D eigenvalue weighted by atomic mass is 10.1.